The van der Waals surface area contributed by atoms with E-state index >= 15 is 0 Å². The van der Waals surface area contributed by atoms with Gasteiger partial charge in [-0.15, -0.1) is 0 Å². The van der Waals surface area contributed by atoms with Crippen LogP contribution in [0.2, 0.25) is 0 Å². The van der Waals surface area contributed by atoms with Crippen LogP contribution in [0.4, 0.5) is 0 Å². The van der Waals surface area contributed by atoms with Gasteiger partial charge in [-0.1, -0.05) is 6.07 Å². The second kappa shape index (κ2) is 4.68. The summed E-state index contributed by atoms with van der Waals surface area (Å²) in [5.74, 6) is -0.603. The lowest BCUT2D eigenvalue weighted by Crippen LogP contribution is -2.29. The minimum absolute atomic E-state index is 0.0601. The van der Waals surface area contributed by atoms with Crippen LogP contribution in [0.25, 0.3) is 0 Å². The third-order valence-electron chi connectivity index (χ3n) is 3.08. The van der Waals surface area contributed by atoms with Crippen molar-refractivity contribution in [2.45, 2.75) is 19.4 Å². The van der Waals surface area contributed by atoms with Crippen molar-refractivity contribution in [3.05, 3.63) is 29.3 Å². The van der Waals surface area contributed by atoms with Crippen LogP contribution in [0, 0.1) is 6.92 Å². The fourth-order valence-electron chi connectivity index (χ4n) is 1.91. The molecule has 1 amide bonds. The molecule has 1 heterocycles. The smallest absolute Gasteiger partial charge is 0.335 e. The number of likely N-dealkylation sites (N-methyl/N-ethyl adjacent to an activating group) is 1. The molecule has 1 aromatic rings. The number of rotatable bonds is 3. The zero-order valence-electron chi connectivity index (χ0n) is 10.3. The van der Waals surface area contributed by atoms with Crippen LogP contribution >= 0.6 is 0 Å². The van der Waals surface area contributed by atoms with Crippen LogP contribution in [0.5, 0.6) is 5.75 Å². The minimum atomic E-state index is -1.00. The van der Waals surface area contributed by atoms with Crippen molar-refractivity contribution in [3.8, 4) is 5.75 Å². The predicted molar refractivity (Wildman–Crippen MR) is 64.8 cm³/mol. The number of hydrogen-bond acceptors (Lipinski definition) is 3. The molecule has 0 saturated carbocycles. The molecule has 1 saturated heterocycles. The molecule has 0 bridgehead atoms. The fourth-order valence-corrected chi connectivity index (χ4v) is 1.91. The highest BCUT2D eigenvalue weighted by atomic mass is 16.5. The van der Waals surface area contributed by atoms with Crippen molar-refractivity contribution in [1.29, 1.82) is 0 Å². The molecule has 5 heteroatoms. The molecule has 5 nitrogen and oxygen atoms in total. The Labute approximate surface area is 105 Å². The Morgan fingerprint density at radius 2 is 2.22 bits per heavy atom. The summed E-state index contributed by atoms with van der Waals surface area (Å²) in [4.78, 5) is 24.2. The number of carbonyl (C=O) groups excluding carboxylic acids is 1. The van der Waals surface area contributed by atoms with Gasteiger partial charge in [0.05, 0.1) is 5.56 Å². The van der Waals surface area contributed by atoms with Crippen LogP contribution in [-0.2, 0) is 4.79 Å². The average molecular weight is 249 g/mol. The summed E-state index contributed by atoms with van der Waals surface area (Å²) in [5, 5.41) is 8.92. The van der Waals surface area contributed by atoms with Crippen LogP contribution in [-0.4, -0.2) is 41.6 Å². The molecule has 0 radical (unpaired) electrons. The van der Waals surface area contributed by atoms with Gasteiger partial charge in [-0.05, 0) is 24.6 Å². The van der Waals surface area contributed by atoms with Gasteiger partial charge in [0.2, 0.25) is 0 Å². The van der Waals surface area contributed by atoms with Gasteiger partial charge in [-0.3, -0.25) is 4.79 Å². The number of likely N-dealkylation sites (tertiary alicyclic amines) is 1. The molecule has 0 spiro atoms. The number of benzene rings is 1. The Morgan fingerprint density at radius 1 is 1.50 bits per heavy atom. The summed E-state index contributed by atoms with van der Waals surface area (Å²) in [5.41, 5.74) is 0.983. The van der Waals surface area contributed by atoms with Gasteiger partial charge in [0.25, 0.3) is 5.91 Å². The van der Waals surface area contributed by atoms with E-state index in [1.54, 1.807) is 18.0 Å². The SMILES string of the molecule is Cc1ccc(C(=O)O)cc1OC1CCN(C)C1=O. The van der Waals surface area contributed by atoms with E-state index in [-0.39, 0.29) is 11.5 Å². The summed E-state index contributed by atoms with van der Waals surface area (Å²) in [7, 11) is 1.73. The number of carbonyl (C=O) groups is 2. The van der Waals surface area contributed by atoms with E-state index in [0.29, 0.717) is 18.7 Å². The van der Waals surface area contributed by atoms with Gasteiger partial charge < -0.3 is 14.7 Å². The third kappa shape index (κ3) is 2.30. The second-order valence-electron chi connectivity index (χ2n) is 4.44. The fraction of sp³-hybridized carbons (Fsp3) is 0.385. The number of nitrogens with zero attached hydrogens (tertiary/aromatic N) is 1. The molecule has 1 aromatic carbocycles. The number of carboxylic acid groups (broad SMARTS) is 1. The molecule has 0 aliphatic carbocycles. The maximum absolute atomic E-state index is 11.7. The molecule has 96 valence electrons. The van der Waals surface area contributed by atoms with Crippen molar-refractivity contribution in [2.24, 2.45) is 0 Å². The van der Waals surface area contributed by atoms with Crippen LogP contribution in [0.15, 0.2) is 18.2 Å². The molecular formula is C13H15NO4. The van der Waals surface area contributed by atoms with E-state index in [1.165, 1.54) is 12.1 Å². The lowest BCUT2D eigenvalue weighted by molar-refractivity contribution is -0.132. The van der Waals surface area contributed by atoms with Gasteiger partial charge in [0, 0.05) is 20.0 Å². The topological polar surface area (TPSA) is 66.8 Å². The maximum atomic E-state index is 11.7. The third-order valence-corrected chi connectivity index (χ3v) is 3.08. The summed E-state index contributed by atoms with van der Waals surface area (Å²) >= 11 is 0. The summed E-state index contributed by atoms with van der Waals surface area (Å²) < 4.78 is 5.63. The molecule has 1 atom stereocenters. The van der Waals surface area contributed by atoms with Crippen molar-refractivity contribution in [2.75, 3.05) is 13.6 Å². The largest absolute Gasteiger partial charge is 0.480 e. The number of carboxylic acids is 1. The van der Waals surface area contributed by atoms with Crippen molar-refractivity contribution >= 4 is 11.9 Å². The minimum Gasteiger partial charge on any atom is -0.480 e. The van der Waals surface area contributed by atoms with Gasteiger partial charge in [0.1, 0.15) is 5.75 Å². The first-order chi connectivity index (χ1) is 8.49. The zero-order chi connectivity index (χ0) is 13.3. The molecule has 1 aliphatic rings. The normalized spacial score (nSPS) is 19.1. The van der Waals surface area contributed by atoms with Crippen LogP contribution < -0.4 is 4.74 Å². The van der Waals surface area contributed by atoms with Gasteiger partial charge >= 0.3 is 5.97 Å². The molecular weight excluding hydrogens is 234 g/mol. The Bertz CT molecular complexity index is 498. The Kier molecular flexibility index (Phi) is 3.23. The molecule has 1 aliphatic heterocycles. The Balaban J connectivity index is 2.21. The maximum Gasteiger partial charge on any atom is 0.335 e. The Hall–Kier alpha value is -2.04. The highest BCUT2D eigenvalue weighted by Crippen LogP contribution is 2.24. The van der Waals surface area contributed by atoms with E-state index in [2.05, 4.69) is 0 Å². The second-order valence-corrected chi connectivity index (χ2v) is 4.44. The quantitative estimate of drug-likeness (QED) is 0.876. The number of aryl methyl sites for hydroxylation is 1. The van der Waals surface area contributed by atoms with Crippen LogP contribution in [0.1, 0.15) is 22.3 Å². The lowest BCUT2D eigenvalue weighted by atomic mass is 10.1. The van der Waals surface area contributed by atoms with E-state index in [4.69, 9.17) is 9.84 Å². The van der Waals surface area contributed by atoms with Gasteiger partial charge in [0.15, 0.2) is 6.10 Å². The van der Waals surface area contributed by atoms with E-state index < -0.39 is 12.1 Å². The van der Waals surface area contributed by atoms with E-state index in [0.717, 1.165) is 5.56 Å². The van der Waals surface area contributed by atoms with E-state index in [1.807, 2.05) is 6.92 Å². The molecule has 2 rings (SSSR count). The zero-order valence-corrected chi connectivity index (χ0v) is 10.3. The monoisotopic (exact) mass is 249 g/mol. The Morgan fingerprint density at radius 3 is 2.78 bits per heavy atom. The highest BCUT2D eigenvalue weighted by Gasteiger charge is 2.31. The summed E-state index contributed by atoms with van der Waals surface area (Å²) in [6.07, 6.45) is 0.129. The van der Waals surface area contributed by atoms with Gasteiger partial charge in [-0.25, -0.2) is 4.79 Å². The first kappa shape index (κ1) is 12.4. The van der Waals surface area contributed by atoms with Crippen molar-refractivity contribution in [3.63, 3.8) is 0 Å². The molecule has 18 heavy (non-hydrogen) atoms. The van der Waals surface area contributed by atoms with Gasteiger partial charge in [-0.2, -0.15) is 0 Å². The molecule has 1 N–H and O–H groups in total. The van der Waals surface area contributed by atoms with Crippen molar-refractivity contribution in [1.82, 2.24) is 4.90 Å². The summed E-state index contributed by atoms with van der Waals surface area (Å²) in [6, 6.07) is 4.66. The summed E-state index contributed by atoms with van der Waals surface area (Å²) in [6.45, 7) is 2.49. The molecule has 0 aromatic heterocycles. The predicted octanol–water partition coefficient (Wildman–Crippen LogP) is 1.30. The van der Waals surface area contributed by atoms with Crippen LogP contribution in [0.3, 0.4) is 0 Å². The number of amides is 1. The lowest BCUT2D eigenvalue weighted by Gasteiger charge is -2.15. The first-order valence-electron chi connectivity index (χ1n) is 5.74. The number of aromatic carboxylic acids is 1. The van der Waals surface area contributed by atoms with Crippen molar-refractivity contribution < 1.29 is 19.4 Å². The standard InChI is InChI=1S/C13H15NO4/c1-8-3-4-9(13(16)17)7-11(8)18-10-5-6-14(2)12(10)15/h3-4,7,10H,5-6H2,1-2H3,(H,16,17). The number of hydrogen-bond donors (Lipinski definition) is 1. The average Bonchev–Trinajstić information content (AvgIpc) is 2.63. The first-order valence-corrected chi connectivity index (χ1v) is 5.74. The van der Waals surface area contributed by atoms with E-state index in [9.17, 15) is 9.59 Å². The highest BCUT2D eigenvalue weighted by molar-refractivity contribution is 5.88. The molecule has 1 fully saturated rings. The number of ether oxygens (including phenoxy) is 1. The molecule has 1 unspecified atom stereocenters.